The van der Waals surface area contributed by atoms with E-state index in [2.05, 4.69) is 15.5 Å². The zero-order valence-corrected chi connectivity index (χ0v) is 27.4. The van der Waals surface area contributed by atoms with Gasteiger partial charge in [0.2, 0.25) is 0 Å². The molecule has 0 fully saturated rings. The molecule has 252 valence electrons. The molecule has 0 spiro atoms. The van der Waals surface area contributed by atoms with Crippen LogP contribution >= 0.6 is 0 Å². The van der Waals surface area contributed by atoms with Crippen LogP contribution < -0.4 is 0 Å². The first-order valence-corrected chi connectivity index (χ1v) is 15.5. The van der Waals surface area contributed by atoms with Gasteiger partial charge >= 0.3 is 17.9 Å². The lowest BCUT2D eigenvalue weighted by molar-refractivity contribution is 0.0593. The predicted octanol–water partition coefficient (Wildman–Crippen LogP) is 8.01. The molecule has 0 saturated carbocycles. The minimum Gasteiger partial charge on any atom is -0.465 e. The molecule has 0 aliphatic carbocycles. The van der Waals surface area contributed by atoms with Crippen molar-refractivity contribution in [2.75, 3.05) is 21.3 Å². The number of rotatable bonds is 9. The summed E-state index contributed by atoms with van der Waals surface area (Å²) >= 11 is 0. The third kappa shape index (κ3) is 5.95. The SMILES string of the molecule is COC(=O)c1c(-c2ccccc2)noc1-c1cc(-c2onc(-c3ccccc3)c2C(=O)OC)cc(-c2onc(-c3ccccc3)c2C(=O)OC)c1. The Morgan fingerprint density at radius 3 is 0.902 bits per heavy atom. The second kappa shape index (κ2) is 13.8. The Morgan fingerprint density at radius 2 is 0.667 bits per heavy atom. The largest absolute Gasteiger partial charge is 0.465 e. The molecule has 3 heterocycles. The Kier molecular flexibility index (Phi) is 8.79. The highest BCUT2D eigenvalue weighted by atomic mass is 16.5. The fourth-order valence-electron chi connectivity index (χ4n) is 5.74. The van der Waals surface area contributed by atoms with Crippen LogP contribution in [0.15, 0.2) is 123 Å². The summed E-state index contributed by atoms with van der Waals surface area (Å²) < 4.78 is 33.1. The molecule has 12 nitrogen and oxygen atoms in total. The number of aromatic nitrogens is 3. The van der Waals surface area contributed by atoms with Crippen molar-refractivity contribution in [1.29, 1.82) is 0 Å². The first kappa shape index (κ1) is 32.5. The predicted molar refractivity (Wildman–Crippen MR) is 183 cm³/mol. The molecule has 0 amide bonds. The van der Waals surface area contributed by atoms with Gasteiger partial charge in [-0.05, 0) is 18.2 Å². The number of nitrogens with zero attached hydrogens (tertiary/aromatic N) is 3. The van der Waals surface area contributed by atoms with E-state index in [0.717, 1.165) is 0 Å². The summed E-state index contributed by atoms with van der Waals surface area (Å²) in [5.41, 5.74) is 3.54. The Hall–Kier alpha value is -7.08. The van der Waals surface area contributed by atoms with E-state index in [4.69, 9.17) is 27.8 Å². The van der Waals surface area contributed by atoms with Crippen molar-refractivity contribution >= 4 is 17.9 Å². The summed E-state index contributed by atoms with van der Waals surface area (Å²) in [6.07, 6.45) is 0. The number of hydrogen-bond donors (Lipinski definition) is 0. The van der Waals surface area contributed by atoms with Crippen molar-refractivity contribution in [1.82, 2.24) is 15.5 Å². The number of methoxy groups -OCH3 is 3. The molecule has 0 atom stereocenters. The number of ether oxygens (including phenoxy) is 3. The number of carbonyl (C=O) groups excluding carboxylic acids is 3. The van der Waals surface area contributed by atoms with Crippen LogP contribution in [-0.4, -0.2) is 54.7 Å². The highest BCUT2D eigenvalue weighted by Crippen LogP contribution is 2.42. The van der Waals surface area contributed by atoms with Crippen LogP contribution in [0.2, 0.25) is 0 Å². The van der Waals surface area contributed by atoms with Crippen molar-refractivity contribution in [3.05, 3.63) is 126 Å². The minimum absolute atomic E-state index is 0.0358. The average Bonchev–Trinajstić information content (AvgIpc) is 3.96. The lowest BCUT2D eigenvalue weighted by Crippen LogP contribution is -2.05. The van der Waals surface area contributed by atoms with Crippen molar-refractivity contribution in [3.63, 3.8) is 0 Å². The molecular formula is C39H27N3O9. The van der Waals surface area contributed by atoms with Crippen LogP contribution in [0.3, 0.4) is 0 Å². The molecule has 7 rings (SSSR count). The first-order chi connectivity index (χ1) is 24.9. The molecule has 0 saturated heterocycles. The molecular weight excluding hydrogens is 654 g/mol. The quantitative estimate of drug-likeness (QED) is 0.107. The van der Waals surface area contributed by atoms with Gasteiger partial charge in [-0.15, -0.1) is 0 Å². The molecule has 7 aromatic rings. The molecule has 4 aromatic carbocycles. The van der Waals surface area contributed by atoms with Crippen LogP contribution in [0.5, 0.6) is 0 Å². The maximum absolute atomic E-state index is 13.4. The number of benzene rings is 4. The summed E-state index contributed by atoms with van der Waals surface area (Å²) in [6, 6.07) is 31.8. The molecule has 0 bridgehead atoms. The van der Waals surface area contributed by atoms with Gasteiger partial charge in [0.15, 0.2) is 17.3 Å². The number of esters is 3. The molecule has 3 aromatic heterocycles. The Bertz CT molecular complexity index is 2100. The number of carbonyl (C=O) groups is 3. The van der Waals surface area contributed by atoms with Gasteiger partial charge in [0.25, 0.3) is 0 Å². The van der Waals surface area contributed by atoms with Crippen molar-refractivity contribution < 1.29 is 42.2 Å². The highest BCUT2D eigenvalue weighted by molar-refractivity contribution is 6.06. The lowest BCUT2D eigenvalue weighted by Gasteiger charge is -2.09. The third-order valence-corrected chi connectivity index (χ3v) is 8.11. The molecule has 12 heteroatoms. The Morgan fingerprint density at radius 1 is 0.412 bits per heavy atom. The van der Waals surface area contributed by atoms with Gasteiger partial charge in [-0.2, -0.15) is 0 Å². The van der Waals surface area contributed by atoms with E-state index in [9.17, 15) is 14.4 Å². The smallest absolute Gasteiger partial charge is 0.344 e. The van der Waals surface area contributed by atoms with Gasteiger partial charge in [-0.3, -0.25) is 0 Å². The summed E-state index contributed by atoms with van der Waals surface area (Å²) in [6.45, 7) is 0. The highest BCUT2D eigenvalue weighted by Gasteiger charge is 2.32. The van der Waals surface area contributed by atoms with E-state index >= 15 is 0 Å². The van der Waals surface area contributed by atoms with E-state index in [1.807, 2.05) is 18.2 Å². The van der Waals surface area contributed by atoms with Crippen molar-refractivity contribution in [2.45, 2.75) is 0 Å². The Balaban J connectivity index is 1.52. The fraction of sp³-hybridized carbons (Fsp3) is 0.0769. The van der Waals surface area contributed by atoms with E-state index < -0.39 is 17.9 Å². The lowest BCUT2D eigenvalue weighted by atomic mass is 9.94. The van der Waals surface area contributed by atoms with Crippen LogP contribution in [-0.2, 0) is 14.2 Å². The van der Waals surface area contributed by atoms with Gasteiger partial charge in [0.1, 0.15) is 33.8 Å². The second-order valence-electron chi connectivity index (χ2n) is 11.1. The van der Waals surface area contributed by atoms with Gasteiger partial charge in [-0.25, -0.2) is 14.4 Å². The third-order valence-electron chi connectivity index (χ3n) is 8.11. The topological polar surface area (TPSA) is 157 Å². The average molecular weight is 682 g/mol. The van der Waals surface area contributed by atoms with E-state index in [-0.39, 0.29) is 51.1 Å². The van der Waals surface area contributed by atoms with Crippen LogP contribution in [0.4, 0.5) is 0 Å². The normalized spacial score (nSPS) is 10.9. The van der Waals surface area contributed by atoms with Crippen molar-refractivity contribution in [3.8, 4) is 67.7 Å². The molecule has 51 heavy (non-hydrogen) atoms. The molecule has 0 unspecified atom stereocenters. The Labute approximate surface area is 290 Å². The standard InChI is InChI=1S/C39H27N3O9/c1-46-37(43)28-31(22-13-7-4-8-14-22)40-49-34(28)25-19-26(35-29(38(44)47-2)32(41-50-35)23-15-9-5-10-16-23)21-27(20-25)36-30(39(45)48-3)33(42-51-36)24-17-11-6-12-18-24/h4-21H,1-3H3. The van der Waals surface area contributed by atoms with E-state index in [0.29, 0.717) is 33.4 Å². The van der Waals surface area contributed by atoms with E-state index in [1.54, 1.807) is 91.0 Å². The maximum atomic E-state index is 13.4. The summed E-state index contributed by atoms with van der Waals surface area (Å²) in [4.78, 5) is 40.1. The van der Waals surface area contributed by atoms with E-state index in [1.165, 1.54) is 21.3 Å². The zero-order chi connectivity index (χ0) is 35.5. The van der Waals surface area contributed by atoms with Gasteiger partial charge in [0.05, 0.1) is 21.3 Å². The molecule has 0 aliphatic heterocycles. The van der Waals surface area contributed by atoms with Gasteiger partial charge in [-0.1, -0.05) is 106 Å². The maximum Gasteiger partial charge on any atom is 0.344 e. The monoisotopic (exact) mass is 681 g/mol. The van der Waals surface area contributed by atoms with Crippen LogP contribution in [0.25, 0.3) is 67.7 Å². The van der Waals surface area contributed by atoms with Crippen LogP contribution in [0, 0.1) is 0 Å². The van der Waals surface area contributed by atoms with Gasteiger partial charge < -0.3 is 27.8 Å². The summed E-state index contributed by atoms with van der Waals surface area (Å²) in [5, 5.41) is 12.7. The van der Waals surface area contributed by atoms with Crippen LogP contribution in [0.1, 0.15) is 31.1 Å². The molecule has 0 N–H and O–H groups in total. The summed E-state index contributed by atoms with van der Waals surface area (Å²) in [7, 11) is 3.75. The first-order valence-electron chi connectivity index (χ1n) is 15.5. The minimum atomic E-state index is -0.709. The zero-order valence-electron chi connectivity index (χ0n) is 27.4. The molecule has 0 radical (unpaired) electrons. The van der Waals surface area contributed by atoms with Gasteiger partial charge in [0, 0.05) is 33.4 Å². The number of hydrogen-bond acceptors (Lipinski definition) is 12. The fourth-order valence-corrected chi connectivity index (χ4v) is 5.74. The second-order valence-corrected chi connectivity index (χ2v) is 11.1. The summed E-state index contributed by atoms with van der Waals surface area (Å²) in [5.74, 6) is -2.02. The molecule has 0 aliphatic rings. The van der Waals surface area contributed by atoms with Crippen molar-refractivity contribution in [2.24, 2.45) is 0 Å².